The summed E-state index contributed by atoms with van der Waals surface area (Å²) in [5.74, 6) is 0.493. The predicted octanol–water partition coefficient (Wildman–Crippen LogP) is 4.73. The van der Waals surface area contributed by atoms with E-state index in [9.17, 15) is 9.59 Å². The van der Waals surface area contributed by atoms with E-state index in [1.807, 2.05) is 52.4 Å². The Morgan fingerprint density at radius 2 is 1.84 bits per heavy atom. The zero-order chi connectivity index (χ0) is 22.8. The molecule has 2 atom stereocenters. The van der Waals surface area contributed by atoms with E-state index < -0.39 is 0 Å². The largest absolute Gasteiger partial charge is 0.342 e. The third-order valence-corrected chi connectivity index (χ3v) is 8.08. The standard InChI is InChI=1S/C26H35N3O2S/c1-18(2)27(4)17-20-11-13-28(14-12-20)26(31)22-16-24(30)29(21-9-7-19(3)8-10-21)25(22)23-6-5-15-32-23/h5-10,15,18,20,22,25H,11-14,16-17H2,1-4H3/t22-,25-/m0/s1. The van der Waals surface area contributed by atoms with Crippen molar-refractivity contribution in [3.05, 3.63) is 52.2 Å². The number of hydrogen-bond acceptors (Lipinski definition) is 4. The van der Waals surface area contributed by atoms with Crippen LogP contribution in [0.1, 0.15) is 49.6 Å². The van der Waals surface area contributed by atoms with Crippen LogP contribution in [0.25, 0.3) is 0 Å². The average Bonchev–Trinajstić information content (AvgIpc) is 3.42. The Kier molecular flexibility index (Phi) is 7.01. The molecule has 1 aromatic carbocycles. The molecule has 3 heterocycles. The van der Waals surface area contributed by atoms with Crippen molar-refractivity contribution in [1.29, 1.82) is 0 Å². The fraction of sp³-hybridized carbons (Fsp3) is 0.538. The normalized spacial score (nSPS) is 22.4. The van der Waals surface area contributed by atoms with Crippen molar-refractivity contribution in [3.8, 4) is 0 Å². The van der Waals surface area contributed by atoms with Gasteiger partial charge in [-0.15, -0.1) is 11.3 Å². The molecule has 5 nitrogen and oxygen atoms in total. The van der Waals surface area contributed by atoms with Gasteiger partial charge in [0.15, 0.2) is 0 Å². The van der Waals surface area contributed by atoms with E-state index in [2.05, 4.69) is 31.9 Å². The zero-order valence-electron chi connectivity index (χ0n) is 19.7. The molecule has 0 aliphatic carbocycles. The highest BCUT2D eigenvalue weighted by Gasteiger charge is 2.47. The van der Waals surface area contributed by atoms with Gasteiger partial charge in [-0.05, 0) is 70.2 Å². The first-order valence-electron chi connectivity index (χ1n) is 11.8. The summed E-state index contributed by atoms with van der Waals surface area (Å²) < 4.78 is 0. The highest BCUT2D eigenvalue weighted by molar-refractivity contribution is 7.10. The number of carbonyl (C=O) groups excluding carboxylic acids is 2. The Labute approximate surface area is 196 Å². The number of hydrogen-bond donors (Lipinski definition) is 0. The molecule has 6 heteroatoms. The van der Waals surface area contributed by atoms with Crippen molar-refractivity contribution in [3.63, 3.8) is 0 Å². The second-order valence-corrected chi connectivity index (χ2v) is 10.7. The molecule has 2 saturated heterocycles. The minimum absolute atomic E-state index is 0.0408. The molecular formula is C26H35N3O2S. The molecule has 0 saturated carbocycles. The number of benzene rings is 1. The van der Waals surface area contributed by atoms with Crippen LogP contribution < -0.4 is 4.90 Å². The first-order valence-corrected chi connectivity index (χ1v) is 12.6. The summed E-state index contributed by atoms with van der Waals surface area (Å²) in [4.78, 5) is 34.2. The molecule has 2 fully saturated rings. The van der Waals surface area contributed by atoms with Gasteiger partial charge in [-0.25, -0.2) is 0 Å². The number of anilines is 1. The molecule has 32 heavy (non-hydrogen) atoms. The van der Waals surface area contributed by atoms with E-state index in [1.165, 1.54) is 0 Å². The van der Waals surface area contributed by atoms with Gasteiger partial charge in [0.1, 0.15) is 0 Å². The zero-order valence-corrected chi connectivity index (χ0v) is 20.5. The molecule has 0 bridgehead atoms. The second-order valence-electron chi connectivity index (χ2n) is 9.67. The van der Waals surface area contributed by atoms with Gasteiger partial charge < -0.3 is 14.7 Å². The third kappa shape index (κ3) is 4.76. The van der Waals surface area contributed by atoms with E-state index in [-0.39, 0.29) is 30.2 Å². The van der Waals surface area contributed by atoms with Gasteiger partial charge in [0.05, 0.1) is 12.0 Å². The van der Waals surface area contributed by atoms with Crippen LogP contribution in [-0.2, 0) is 9.59 Å². The molecule has 0 spiro atoms. The fourth-order valence-electron chi connectivity index (χ4n) is 4.94. The van der Waals surface area contributed by atoms with Gasteiger partial charge in [0.25, 0.3) is 0 Å². The summed E-state index contributed by atoms with van der Waals surface area (Å²) in [6, 6.07) is 12.4. The number of piperidine rings is 1. The molecule has 0 unspecified atom stereocenters. The number of aryl methyl sites for hydroxylation is 1. The highest BCUT2D eigenvalue weighted by atomic mass is 32.1. The predicted molar refractivity (Wildman–Crippen MR) is 131 cm³/mol. The number of likely N-dealkylation sites (tertiary alicyclic amines) is 1. The monoisotopic (exact) mass is 453 g/mol. The Balaban J connectivity index is 1.50. The average molecular weight is 454 g/mol. The molecule has 172 valence electrons. The number of nitrogens with zero attached hydrogens (tertiary/aromatic N) is 3. The molecule has 1 aromatic heterocycles. The molecule has 0 N–H and O–H groups in total. The minimum atomic E-state index is -0.322. The first-order chi connectivity index (χ1) is 15.3. The van der Waals surface area contributed by atoms with Crippen molar-refractivity contribution in [2.45, 2.75) is 52.1 Å². The van der Waals surface area contributed by atoms with Gasteiger partial charge in [0.2, 0.25) is 11.8 Å². The van der Waals surface area contributed by atoms with Crippen molar-refractivity contribution in [2.75, 3.05) is 31.6 Å². The quantitative estimate of drug-likeness (QED) is 0.635. The van der Waals surface area contributed by atoms with Crippen LogP contribution >= 0.6 is 11.3 Å². The molecule has 4 rings (SSSR count). The van der Waals surface area contributed by atoms with E-state index in [4.69, 9.17) is 0 Å². The summed E-state index contributed by atoms with van der Waals surface area (Å²) in [7, 11) is 2.18. The minimum Gasteiger partial charge on any atom is -0.342 e. The van der Waals surface area contributed by atoms with Crippen molar-refractivity contribution in [1.82, 2.24) is 9.80 Å². The van der Waals surface area contributed by atoms with Crippen LogP contribution in [0.4, 0.5) is 5.69 Å². The molecule has 0 radical (unpaired) electrons. The molecule has 2 aliphatic heterocycles. The molecular weight excluding hydrogens is 418 g/mol. The number of thiophene rings is 1. The van der Waals surface area contributed by atoms with E-state index >= 15 is 0 Å². The first kappa shape index (κ1) is 23.0. The van der Waals surface area contributed by atoms with Crippen molar-refractivity contribution in [2.24, 2.45) is 11.8 Å². The molecule has 2 aromatic rings. The van der Waals surface area contributed by atoms with E-state index in [1.54, 1.807) is 11.3 Å². The van der Waals surface area contributed by atoms with Crippen LogP contribution in [0, 0.1) is 18.8 Å². The number of rotatable bonds is 6. The summed E-state index contributed by atoms with van der Waals surface area (Å²) in [5, 5.41) is 2.03. The Morgan fingerprint density at radius 3 is 2.44 bits per heavy atom. The maximum atomic E-state index is 13.7. The summed E-state index contributed by atoms with van der Waals surface area (Å²) in [6.45, 7) is 9.16. The topological polar surface area (TPSA) is 43.9 Å². The number of carbonyl (C=O) groups is 2. The van der Waals surface area contributed by atoms with Gasteiger partial charge >= 0.3 is 0 Å². The third-order valence-electron chi connectivity index (χ3n) is 7.14. The smallest absolute Gasteiger partial charge is 0.228 e. The lowest BCUT2D eigenvalue weighted by Gasteiger charge is -2.37. The van der Waals surface area contributed by atoms with Crippen LogP contribution in [-0.4, -0.2) is 54.3 Å². The summed E-state index contributed by atoms with van der Waals surface area (Å²) in [5.41, 5.74) is 2.04. The van der Waals surface area contributed by atoms with Gasteiger partial charge in [0, 0.05) is 42.7 Å². The highest BCUT2D eigenvalue weighted by Crippen LogP contribution is 2.44. The molecule has 2 amide bonds. The summed E-state index contributed by atoms with van der Waals surface area (Å²) in [6.07, 6.45) is 2.36. The van der Waals surface area contributed by atoms with Crippen LogP contribution in [0.2, 0.25) is 0 Å². The van der Waals surface area contributed by atoms with Crippen LogP contribution in [0.5, 0.6) is 0 Å². The van der Waals surface area contributed by atoms with Crippen LogP contribution in [0.3, 0.4) is 0 Å². The Hall–Kier alpha value is -2.18. The lowest BCUT2D eigenvalue weighted by Crippen LogP contribution is -2.45. The second kappa shape index (κ2) is 9.75. The van der Waals surface area contributed by atoms with E-state index in [0.29, 0.717) is 12.0 Å². The SMILES string of the molecule is Cc1ccc(N2C(=O)C[C@H](C(=O)N3CCC(CN(C)C(C)C)CC3)[C@H]2c2cccs2)cc1. The lowest BCUT2D eigenvalue weighted by molar-refractivity contribution is -0.138. The van der Waals surface area contributed by atoms with Crippen LogP contribution in [0.15, 0.2) is 41.8 Å². The van der Waals surface area contributed by atoms with Gasteiger partial charge in [-0.3, -0.25) is 9.59 Å². The van der Waals surface area contributed by atoms with Gasteiger partial charge in [-0.2, -0.15) is 0 Å². The fourth-order valence-corrected chi connectivity index (χ4v) is 5.82. The molecule has 2 aliphatic rings. The Bertz CT molecular complexity index is 917. The van der Waals surface area contributed by atoms with E-state index in [0.717, 1.165) is 48.6 Å². The Morgan fingerprint density at radius 1 is 1.16 bits per heavy atom. The number of amides is 2. The maximum absolute atomic E-state index is 13.7. The maximum Gasteiger partial charge on any atom is 0.228 e. The van der Waals surface area contributed by atoms with Gasteiger partial charge in [-0.1, -0.05) is 23.8 Å². The summed E-state index contributed by atoms with van der Waals surface area (Å²) >= 11 is 1.63. The van der Waals surface area contributed by atoms with Crippen molar-refractivity contribution >= 4 is 28.8 Å². The lowest BCUT2D eigenvalue weighted by atomic mass is 9.92. The van der Waals surface area contributed by atoms with Crippen molar-refractivity contribution < 1.29 is 9.59 Å².